The Morgan fingerprint density at radius 3 is 3.00 bits per heavy atom. The van der Waals surface area contributed by atoms with Crippen LogP contribution in [0.2, 0.25) is 0 Å². The van der Waals surface area contributed by atoms with Crippen LogP contribution in [0.3, 0.4) is 0 Å². The Morgan fingerprint density at radius 2 is 2.24 bits per heavy atom. The number of ether oxygens (including phenoxy) is 1. The largest absolute Gasteiger partial charge is 0.495 e. The van der Waals surface area contributed by atoms with Gasteiger partial charge in [0.15, 0.2) is 0 Å². The van der Waals surface area contributed by atoms with E-state index in [-0.39, 0.29) is 0 Å². The number of carbonyl (C=O) groups excluding carboxylic acids is 1. The molecular formula is C16H23N3O2. The fraction of sp³-hybridized carbons (Fsp3) is 0.562. The summed E-state index contributed by atoms with van der Waals surface area (Å²) in [5, 5.41) is 3.55. The van der Waals surface area contributed by atoms with Gasteiger partial charge in [0.1, 0.15) is 5.75 Å². The Bertz CT molecular complexity index is 532. The number of benzene rings is 1. The summed E-state index contributed by atoms with van der Waals surface area (Å²) < 4.78 is 5.38. The fourth-order valence-electron chi connectivity index (χ4n) is 3.55. The number of anilines is 1. The number of nitrogens with one attached hydrogen (secondary N) is 1. The molecule has 5 heteroatoms. The van der Waals surface area contributed by atoms with Crippen LogP contribution in [0.5, 0.6) is 5.75 Å². The topological polar surface area (TPSA) is 67.6 Å². The number of amides is 1. The molecule has 0 aromatic heterocycles. The SMILES string of the molecule is COc1ccc(C(N)=O)cc1NC1CCN2CCCC2C1. The lowest BCUT2D eigenvalue weighted by molar-refractivity contribution is 0.100. The number of rotatable bonds is 4. The zero-order valence-corrected chi connectivity index (χ0v) is 12.5. The first kappa shape index (κ1) is 14.2. The van der Waals surface area contributed by atoms with E-state index in [4.69, 9.17) is 10.5 Å². The van der Waals surface area contributed by atoms with Crippen molar-refractivity contribution < 1.29 is 9.53 Å². The predicted molar refractivity (Wildman–Crippen MR) is 82.8 cm³/mol. The van der Waals surface area contributed by atoms with Gasteiger partial charge < -0.3 is 20.7 Å². The number of fused-ring (bicyclic) bond motifs is 1. The molecule has 0 spiro atoms. The lowest BCUT2D eigenvalue weighted by atomic mass is 9.97. The van der Waals surface area contributed by atoms with Crippen LogP contribution in [0.1, 0.15) is 36.0 Å². The summed E-state index contributed by atoms with van der Waals surface area (Å²) in [5.74, 6) is 0.347. The van der Waals surface area contributed by atoms with Gasteiger partial charge in [-0.25, -0.2) is 0 Å². The van der Waals surface area contributed by atoms with Crippen molar-refractivity contribution in [3.63, 3.8) is 0 Å². The van der Waals surface area contributed by atoms with Crippen molar-refractivity contribution in [2.75, 3.05) is 25.5 Å². The standard InChI is InChI=1S/C16H23N3O2/c1-21-15-5-4-11(16(17)20)9-14(15)18-12-6-8-19-7-2-3-13(19)10-12/h4-5,9,12-13,18H,2-3,6-8,10H2,1H3,(H2,17,20). The van der Waals surface area contributed by atoms with E-state index in [0.29, 0.717) is 17.6 Å². The van der Waals surface area contributed by atoms with Gasteiger partial charge in [-0.3, -0.25) is 4.79 Å². The number of piperidine rings is 1. The van der Waals surface area contributed by atoms with E-state index in [0.717, 1.165) is 30.8 Å². The van der Waals surface area contributed by atoms with E-state index < -0.39 is 5.91 Å². The van der Waals surface area contributed by atoms with Crippen LogP contribution < -0.4 is 15.8 Å². The summed E-state index contributed by atoms with van der Waals surface area (Å²) in [6.45, 7) is 2.40. The molecule has 2 aliphatic rings. The second kappa shape index (κ2) is 5.93. The Kier molecular flexibility index (Phi) is 4.01. The van der Waals surface area contributed by atoms with Crippen molar-refractivity contribution in [2.24, 2.45) is 5.73 Å². The zero-order chi connectivity index (χ0) is 14.8. The third kappa shape index (κ3) is 2.97. The quantitative estimate of drug-likeness (QED) is 0.887. The molecule has 2 heterocycles. The van der Waals surface area contributed by atoms with E-state index in [2.05, 4.69) is 10.2 Å². The Balaban J connectivity index is 1.74. The monoisotopic (exact) mass is 289 g/mol. The number of nitrogens with two attached hydrogens (primary N) is 1. The second-order valence-electron chi connectivity index (χ2n) is 5.98. The first-order chi connectivity index (χ1) is 10.2. The highest BCUT2D eigenvalue weighted by Gasteiger charge is 2.31. The van der Waals surface area contributed by atoms with Crippen LogP contribution in [0.4, 0.5) is 5.69 Å². The number of hydrogen-bond acceptors (Lipinski definition) is 4. The molecule has 2 aliphatic heterocycles. The van der Waals surface area contributed by atoms with Gasteiger partial charge in [-0.05, 0) is 50.4 Å². The molecule has 2 fully saturated rings. The third-order valence-corrected chi connectivity index (χ3v) is 4.66. The number of nitrogens with zero attached hydrogens (tertiary/aromatic N) is 1. The summed E-state index contributed by atoms with van der Waals surface area (Å²) in [6, 6.07) is 6.43. The van der Waals surface area contributed by atoms with Crippen molar-refractivity contribution in [3.05, 3.63) is 23.8 Å². The zero-order valence-electron chi connectivity index (χ0n) is 12.5. The molecule has 2 atom stereocenters. The van der Waals surface area contributed by atoms with Gasteiger partial charge >= 0.3 is 0 Å². The predicted octanol–water partition coefficient (Wildman–Crippen LogP) is 1.83. The van der Waals surface area contributed by atoms with Gasteiger partial charge in [0.25, 0.3) is 0 Å². The van der Waals surface area contributed by atoms with Crippen LogP contribution in [-0.2, 0) is 0 Å². The average molecular weight is 289 g/mol. The normalized spacial score (nSPS) is 25.4. The first-order valence-electron chi connectivity index (χ1n) is 7.66. The molecule has 1 aromatic rings. The molecule has 0 saturated carbocycles. The van der Waals surface area contributed by atoms with E-state index in [1.807, 2.05) is 0 Å². The smallest absolute Gasteiger partial charge is 0.248 e. The molecule has 3 N–H and O–H groups in total. The summed E-state index contributed by atoms with van der Waals surface area (Å²) in [4.78, 5) is 13.9. The van der Waals surface area contributed by atoms with Gasteiger partial charge in [0.05, 0.1) is 12.8 Å². The minimum atomic E-state index is -0.411. The summed E-state index contributed by atoms with van der Waals surface area (Å²) in [7, 11) is 1.64. The highest BCUT2D eigenvalue weighted by molar-refractivity contribution is 5.94. The Labute approximate surface area is 125 Å². The maximum absolute atomic E-state index is 11.3. The van der Waals surface area contributed by atoms with Crippen molar-refractivity contribution in [3.8, 4) is 5.75 Å². The summed E-state index contributed by atoms with van der Waals surface area (Å²) in [5.41, 5.74) is 6.74. The fourth-order valence-corrected chi connectivity index (χ4v) is 3.55. The van der Waals surface area contributed by atoms with Gasteiger partial charge in [0, 0.05) is 24.2 Å². The van der Waals surface area contributed by atoms with Gasteiger partial charge in [-0.1, -0.05) is 0 Å². The summed E-state index contributed by atoms with van der Waals surface area (Å²) in [6.07, 6.45) is 4.90. The number of hydrogen-bond donors (Lipinski definition) is 2. The van der Waals surface area contributed by atoms with E-state index in [1.54, 1.807) is 25.3 Å². The van der Waals surface area contributed by atoms with E-state index in [9.17, 15) is 4.79 Å². The first-order valence-corrected chi connectivity index (χ1v) is 7.66. The third-order valence-electron chi connectivity index (χ3n) is 4.66. The lowest BCUT2D eigenvalue weighted by Gasteiger charge is -2.35. The minimum absolute atomic E-state index is 0.411. The average Bonchev–Trinajstić information content (AvgIpc) is 2.94. The van der Waals surface area contributed by atoms with Crippen LogP contribution >= 0.6 is 0 Å². The van der Waals surface area contributed by atoms with Crippen LogP contribution in [0.25, 0.3) is 0 Å². The number of primary amides is 1. The van der Waals surface area contributed by atoms with E-state index >= 15 is 0 Å². The van der Waals surface area contributed by atoms with Gasteiger partial charge in [-0.2, -0.15) is 0 Å². The molecule has 114 valence electrons. The summed E-state index contributed by atoms with van der Waals surface area (Å²) >= 11 is 0. The maximum Gasteiger partial charge on any atom is 0.248 e. The Hall–Kier alpha value is -1.75. The molecule has 0 radical (unpaired) electrons. The Morgan fingerprint density at radius 1 is 1.38 bits per heavy atom. The maximum atomic E-state index is 11.3. The van der Waals surface area contributed by atoms with Gasteiger partial charge in [0.2, 0.25) is 5.91 Å². The molecule has 21 heavy (non-hydrogen) atoms. The number of carbonyl (C=O) groups is 1. The van der Waals surface area contributed by atoms with Crippen molar-refractivity contribution >= 4 is 11.6 Å². The highest BCUT2D eigenvalue weighted by Crippen LogP contribution is 2.31. The lowest BCUT2D eigenvalue weighted by Crippen LogP contribution is -2.42. The molecule has 1 aromatic carbocycles. The van der Waals surface area contributed by atoms with Crippen LogP contribution in [0.15, 0.2) is 18.2 Å². The van der Waals surface area contributed by atoms with Crippen LogP contribution in [0, 0.1) is 0 Å². The molecule has 5 nitrogen and oxygen atoms in total. The number of methoxy groups -OCH3 is 1. The molecule has 2 unspecified atom stereocenters. The van der Waals surface area contributed by atoms with E-state index in [1.165, 1.54) is 19.4 Å². The van der Waals surface area contributed by atoms with Crippen LogP contribution in [-0.4, -0.2) is 43.1 Å². The second-order valence-corrected chi connectivity index (χ2v) is 5.98. The van der Waals surface area contributed by atoms with Crippen molar-refractivity contribution in [1.82, 2.24) is 4.90 Å². The molecule has 1 amide bonds. The molecular weight excluding hydrogens is 266 g/mol. The van der Waals surface area contributed by atoms with Crippen molar-refractivity contribution in [2.45, 2.75) is 37.8 Å². The van der Waals surface area contributed by atoms with Gasteiger partial charge in [-0.15, -0.1) is 0 Å². The molecule has 0 bridgehead atoms. The molecule has 2 saturated heterocycles. The highest BCUT2D eigenvalue weighted by atomic mass is 16.5. The van der Waals surface area contributed by atoms with Crippen molar-refractivity contribution in [1.29, 1.82) is 0 Å². The molecule has 3 rings (SSSR count). The minimum Gasteiger partial charge on any atom is -0.495 e. The molecule has 0 aliphatic carbocycles.